The van der Waals surface area contributed by atoms with Gasteiger partial charge in [-0.05, 0) is 24.0 Å². The van der Waals surface area contributed by atoms with Gasteiger partial charge in [-0.15, -0.1) is 0 Å². The zero-order chi connectivity index (χ0) is 12.6. The van der Waals surface area contributed by atoms with E-state index in [0.29, 0.717) is 13.0 Å². The van der Waals surface area contributed by atoms with E-state index in [2.05, 4.69) is 17.4 Å². The third-order valence-electron chi connectivity index (χ3n) is 4.54. The number of nitrogens with two attached hydrogens (primary N) is 1. The number of hydrogen-bond acceptors (Lipinski definition) is 2. The lowest BCUT2D eigenvalue weighted by atomic mass is 9.68. The number of carbonyl (C=O) groups is 1. The van der Waals surface area contributed by atoms with Gasteiger partial charge in [0.1, 0.15) is 0 Å². The van der Waals surface area contributed by atoms with Crippen molar-refractivity contribution in [1.82, 2.24) is 0 Å². The van der Waals surface area contributed by atoms with Crippen molar-refractivity contribution in [3.63, 3.8) is 0 Å². The van der Waals surface area contributed by atoms with E-state index in [1.807, 2.05) is 6.07 Å². The molecule has 1 saturated carbocycles. The molecule has 96 valence electrons. The fourth-order valence-electron chi connectivity index (χ4n) is 3.51. The number of para-hydroxylation sites is 1. The van der Waals surface area contributed by atoms with Crippen LogP contribution in [0.3, 0.4) is 0 Å². The first-order valence-corrected chi connectivity index (χ1v) is 6.87. The Kier molecular flexibility index (Phi) is 2.86. The average molecular weight is 244 g/mol. The van der Waals surface area contributed by atoms with Crippen LogP contribution in [0.4, 0.5) is 5.69 Å². The summed E-state index contributed by atoms with van der Waals surface area (Å²) in [6, 6.07) is 6.27. The maximum Gasteiger partial charge on any atom is 0.228 e. The summed E-state index contributed by atoms with van der Waals surface area (Å²) in [5.41, 5.74) is 9.63. The van der Waals surface area contributed by atoms with Crippen molar-refractivity contribution >= 4 is 11.6 Å². The van der Waals surface area contributed by atoms with Crippen LogP contribution < -0.4 is 11.1 Å². The number of fused-ring (bicyclic) bond motifs is 1. The number of anilines is 1. The fraction of sp³-hybridized carbons (Fsp3) is 0.533. The van der Waals surface area contributed by atoms with Gasteiger partial charge in [0.2, 0.25) is 5.91 Å². The highest BCUT2D eigenvalue weighted by atomic mass is 16.1. The van der Waals surface area contributed by atoms with E-state index in [0.717, 1.165) is 24.1 Å². The van der Waals surface area contributed by atoms with Gasteiger partial charge in [-0.25, -0.2) is 0 Å². The van der Waals surface area contributed by atoms with Gasteiger partial charge in [0.25, 0.3) is 0 Å². The van der Waals surface area contributed by atoms with Crippen molar-refractivity contribution in [2.75, 3.05) is 11.9 Å². The molecule has 3 heteroatoms. The second-order valence-corrected chi connectivity index (χ2v) is 5.61. The highest BCUT2D eigenvalue weighted by Crippen LogP contribution is 2.43. The summed E-state index contributed by atoms with van der Waals surface area (Å²) >= 11 is 0. The molecule has 0 unspecified atom stereocenters. The predicted molar refractivity (Wildman–Crippen MR) is 72.6 cm³/mol. The molecule has 1 aliphatic heterocycles. The van der Waals surface area contributed by atoms with E-state index in [1.54, 1.807) is 0 Å². The molecule has 2 aliphatic rings. The van der Waals surface area contributed by atoms with Crippen LogP contribution >= 0.6 is 0 Å². The van der Waals surface area contributed by atoms with Gasteiger partial charge in [0, 0.05) is 17.6 Å². The molecule has 1 aromatic rings. The molecule has 0 radical (unpaired) electrons. The van der Waals surface area contributed by atoms with E-state index in [4.69, 9.17) is 5.73 Å². The van der Waals surface area contributed by atoms with Gasteiger partial charge >= 0.3 is 0 Å². The number of rotatable bonds is 2. The highest BCUT2D eigenvalue weighted by Gasteiger charge is 2.36. The molecule has 0 atom stereocenters. The minimum absolute atomic E-state index is 0.0845. The lowest BCUT2D eigenvalue weighted by Crippen LogP contribution is -2.37. The molecule has 18 heavy (non-hydrogen) atoms. The van der Waals surface area contributed by atoms with Gasteiger partial charge in [0.05, 0.1) is 6.42 Å². The van der Waals surface area contributed by atoms with Crippen molar-refractivity contribution < 1.29 is 4.79 Å². The van der Waals surface area contributed by atoms with Gasteiger partial charge in [-0.1, -0.05) is 37.5 Å². The van der Waals surface area contributed by atoms with Crippen LogP contribution in [-0.4, -0.2) is 12.5 Å². The molecule has 0 saturated heterocycles. The molecule has 1 aliphatic carbocycles. The van der Waals surface area contributed by atoms with Crippen molar-refractivity contribution in [3.05, 3.63) is 29.3 Å². The van der Waals surface area contributed by atoms with Crippen molar-refractivity contribution in [3.8, 4) is 0 Å². The molecule has 3 N–H and O–H groups in total. The van der Waals surface area contributed by atoms with E-state index in [-0.39, 0.29) is 11.3 Å². The molecule has 3 rings (SSSR count). The molecular formula is C15H20N2O. The molecule has 1 amide bonds. The normalized spacial score (nSPS) is 21.5. The number of carbonyl (C=O) groups excluding carboxylic acids is 1. The number of benzene rings is 1. The molecule has 3 nitrogen and oxygen atoms in total. The largest absolute Gasteiger partial charge is 0.330 e. The molecule has 1 aromatic carbocycles. The van der Waals surface area contributed by atoms with Gasteiger partial charge in [0.15, 0.2) is 0 Å². The molecule has 0 spiro atoms. The number of amides is 1. The van der Waals surface area contributed by atoms with E-state index >= 15 is 0 Å². The third-order valence-corrected chi connectivity index (χ3v) is 4.54. The average Bonchev–Trinajstić information content (AvgIpc) is 2.79. The Balaban J connectivity index is 2.06. The van der Waals surface area contributed by atoms with Gasteiger partial charge in [-0.2, -0.15) is 0 Å². The first-order valence-electron chi connectivity index (χ1n) is 6.87. The van der Waals surface area contributed by atoms with Crippen molar-refractivity contribution in [2.24, 2.45) is 5.73 Å². The second-order valence-electron chi connectivity index (χ2n) is 5.61. The Labute approximate surface area is 108 Å². The number of hydrogen-bond donors (Lipinski definition) is 2. The predicted octanol–water partition coefficient (Wildman–Crippen LogP) is 2.34. The van der Waals surface area contributed by atoms with Crippen LogP contribution in [0, 0.1) is 0 Å². The maximum atomic E-state index is 11.6. The quantitative estimate of drug-likeness (QED) is 0.839. The maximum absolute atomic E-state index is 11.6. The summed E-state index contributed by atoms with van der Waals surface area (Å²) in [6.45, 7) is 0.680. The summed E-state index contributed by atoms with van der Waals surface area (Å²) in [4.78, 5) is 11.6. The molecule has 1 heterocycles. The Morgan fingerprint density at radius 1 is 1.22 bits per heavy atom. The summed E-state index contributed by atoms with van der Waals surface area (Å²) in [6.07, 6.45) is 6.61. The zero-order valence-electron chi connectivity index (χ0n) is 10.7. The van der Waals surface area contributed by atoms with Crippen LogP contribution in [0.5, 0.6) is 0 Å². The first kappa shape index (κ1) is 11.7. The van der Waals surface area contributed by atoms with Gasteiger partial charge < -0.3 is 11.1 Å². The summed E-state index contributed by atoms with van der Waals surface area (Å²) in [5.74, 6) is 0.112. The summed E-state index contributed by atoms with van der Waals surface area (Å²) in [5, 5.41) is 3.03. The van der Waals surface area contributed by atoms with E-state index < -0.39 is 0 Å². The van der Waals surface area contributed by atoms with Crippen LogP contribution in [0.2, 0.25) is 0 Å². The highest BCUT2D eigenvalue weighted by molar-refractivity contribution is 6.00. The molecule has 1 fully saturated rings. The summed E-state index contributed by atoms with van der Waals surface area (Å²) < 4.78 is 0. The van der Waals surface area contributed by atoms with Gasteiger partial charge in [-0.3, -0.25) is 4.79 Å². The van der Waals surface area contributed by atoms with Crippen LogP contribution in [0.1, 0.15) is 43.2 Å². The minimum atomic E-state index is 0.0845. The molecular weight excluding hydrogens is 224 g/mol. The van der Waals surface area contributed by atoms with Crippen LogP contribution in [0.25, 0.3) is 0 Å². The topological polar surface area (TPSA) is 55.1 Å². The van der Waals surface area contributed by atoms with Crippen molar-refractivity contribution in [1.29, 1.82) is 0 Å². The standard InChI is InChI=1S/C15H20N2O/c16-10-15(7-2-1-3-8-15)12-6-4-5-11-9-13(18)17-14(11)12/h4-6H,1-3,7-10,16H2,(H,17,18). The second kappa shape index (κ2) is 4.39. The minimum Gasteiger partial charge on any atom is -0.330 e. The Hall–Kier alpha value is -1.35. The molecule has 0 aromatic heterocycles. The first-order chi connectivity index (χ1) is 8.75. The smallest absolute Gasteiger partial charge is 0.228 e. The van der Waals surface area contributed by atoms with Crippen LogP contribution in [-0.2, 0) is 16.6 Å². The zero-order valence-corrected chi connectivity index (χ0v) is 10.7. The van der Waals surface area contributed by atoms with E-state index in [9.17, 15) is 4.79 Å². The van der Waals surface area contributed by atoms with Crippen molar-refractivity contribution in [2.45, 2.75) is 43.9 Å². The van der Waals surface area contributed by atoms with Crippen LogP contribution in [0.15, 0.2) is 18.2 Å². The lowest BCUT2D eigenvalue weighted by molar-refractivity contribution is -0.115. The Bertz CT molecular complexity index is 475. The third kappa shape index (κ3) is 1.74. The number of nitrogens with one attached hydrogen (secondary N) is 1. The van der Waals surface area contributed by atoms with E-state index in [1.165, 1.54) is 24.8 Å². The monoisotopic (exact) mass is 244 g/mol. The SMILES string of the molecule is NCC1(c2cccc3c2NC(=O)C3)CCCCC1. The summed E-state index contributed by atoms with van der Waals surface area (Å²) in [7, 11) is 0. The molecule has 0 bridgehead atoms. The lowest BCUT2D eigenvalue weighted by Gasteiger charge is -2.38. The Morgan fingerprint density at radius 3 is 2.72 bits per heavy atom. The Morgan fingerprint density at radius 2 is 2.00 bits per heavy atom. The fourth-order valence-corrected chi connectivity index (χ4v) is 3.51.